The number of aliphatic carboxylic acids is 1. The van der Waals surface area contributed by atoms with Crippen LogP contribution in [0.2, 0.25) is 0 Å². The number of carboxylic acid groups (broad SMARTS) is 1. The van der Waals surface area contributed by atoms with Gasteiger partial charge in [-0.3, -0.25) is 4.79 Å². The van der Waals surface area contributed by atoms with Gasteiger partial charge in [-0.2, -0.15) is 5.26 Å². The fourth-order valence-electron chi connectivity index (χ4n) is 2.19. The normalized spacial score (nSPS) is 11.8. The predicted octanol–water partition coefficient (Wildman–Crippen LogP) is 3.23. The Bertz CT molecular complexity index is 674. The second-order valence-corrected chi connectivity index (χ2v) is 4.64. The third-order valence-electron chi connectivity index (χ3n) is 3.43. The lowest BCUT2D eigenvalue weighted by Crippen LogP contribution is -2.22. The third kappa shape index (κ3) is 2.72. The van der Waals surface area contributed by atoms with E-state index in [1.165, 1.54) is 0 Å². The minimum absolute atomic E-state index is 0.377. The van der Waals surface area contributed by atoms with E-state index in [0.717, 1.165) is 16.5 Å². The molecule has 1 unspecified atom stereocenters. The van der Waals surface area contributed by atoms with Gasteiger partial charge in [0.1, 0.15) is 0 Å². The van der Waals surface area contributed by atoms with Gasteiger partial charge in [-0.05, 0) is 18.6 Å². The molecule has 0 aliphatic rings. The number of anilines is 1. The van der Waals surface area contributed by atoms with Crippen LogP contribution < -0.4 is 5.32 Å². The number of benzene rings is 2. The van der Waals surface area contributed by atoms with Gasteiger partial charge in [0.05, 0.1) is 17.6 Å². The van der Waals surface area contributed by atoms with Crippen molar-refractivity contribution in [2.75, 3.05) is 11.9 Å². The molecule has 102 valence electrons. The van der Waals surface area contributed by atoms with E-state index in [-0.39, 0.29) is 0 Å². The molecule has 0 saturated heterocycles. The molecule has 2 aromatic rings. The molecule has 2 rings (SSSR count). The molecule has 4 heteroatoms. The van der Waals surface area contributed by atoms with E-state index in [1.54, 1.807) is 6.07 Å². The van der Waals surface area contributed by atoms with Crippen LogP contribution in [-0.4, -0.2) is 17.6 Å². The van der Waals surface area contributed by atoms with Gasteiger partial charge < -0.3 is 10.4 Å². The Balaban J connectivity index is 2.32. The molecule has 0 heterocycles. The molecule has 1 atom stereocenters. The molecule has 0 saturated carbocycles. The summed E-state index contributed by atoms with van der Waals surface area (Å²) < 4.78 is 0. The molecule has 0 aromatic heterocycles. The predicted molar refractivity (Wildman–Crippen MR) is 78.6 cm³/mol. The summed E-state index contributed by atoms with van der Waals surface area (Å²) in [7, 11) is 0. The molecule has 20 heavy (non-hydrogen) atoms. The average Bonchev–Trinajstić information content (AvgIpc) is 2.47. The van der Waals surface area contributed by atoms with Crippen LogP contribution in [0.3, 0.4) is 0 Å². The molecule has 0 aliphatic heterocycles. The summed E-state index contributed by atoms with van der Waals surface area (Å²) in [5.74, 6) is -1.21. The number of fused-ring (bicyclic) bond motifs is 1. The Morgan fingerprint density at radius 3 is 2.60 bits per heavy atom. The van der Waals surface area contributed by atoms with Crippen molar-refractivity contribution in [2.24, 2.45) is 5.92 Å². The van der Waals surface area contributed by atoms with Gasteiger partial charge in [0.15, 0.2) is 0 Å². The van der Waals surface area contributed by atoms with E-state index >= 15 is 0 Å². The maximum Gasteiger partial charge on any atom is 0.308 e. The first-order valence-electron chi connectivity index (χ1n) is 6.56. The van der Waals surface area contributed by atoms with Gasteiger partial charge in [-0.25, -0.2) is 0 Å². The summed E-state index contributed by atoms with van der Waals surface area (Å²) in [5.41, 5.74) is 1.48. The highest BCUT2D eigenvalue weighted by Gasteiger charge is 2.15. The van der Waals surface area contributed by atoms with E-state index in [0.29, 0.717) is 18.5 Å². The molecule has 0 radical (unpaired) electrons. The van der Waals surface area contributed by atoms with E-state index in [9.17, 15) is 4.79 Å². The number of hydrogen-bond acceptors (Lipinski definition) is 3. The van der Waals surface area contributed by atoms with Crippen LogP contribution in [-0.2, 0) is 4.79 Å². The molecule has 0 bridgehead atoms. The quantitative estimate of drug-likeness (QED) is 0.873. The Kier molecular flexibility index (Phi) is 4.21. The first-order valence-corrected chi connectivity index (χ1v) is 6.56. The molecule has 2 N–H and O–H groups in total. The minimum atomic E-state index is -0.794. The van der Waals surface area contributed by atoms with E-state index < -0.39 is 11.9 Å². The second-order valence-electron chi connectivity index (χ2n) is 4.64. The average molecular weight is 268 g/mol. The molecular weight excluding hydrogens is 252 g/mol. The van der Waals surface area contributed by atoms with Crippen molar-refractivity contribution in [3.63, 3.8) is 0 Å². The fraction of sp³-hybridized carbons (Fsp3) is 0.250. The van der Waals surface area contributed by atoms with E-state index in [4.69, 9.17) is 10.4 Å². The minimum Gasteiger partial charge on any atom is -0.481 e. The van der Waals surface area contributed by atoms with Crippen LogP contribution in [0.25, 0.3) is 10.8 Å². The van der Waals surface area contributed by atoms with Gasteiger partial charge in [-0.15, -0.1) is 0 Å². The number of carbonyl (C=O) groups is 1. The lowest BCUT2D eigenvalue weighted by molar-refractivity contribution is -0.141. The number of carboxylic acids is 1. The summed E-state index contributed by atoms with van der Waals surface area (Å²) in [6.45, 7) is 2.24. The fourth-order valence-corrected chi connectivity index (χ4v) is 2.19. The van der Waals surface area contributed by atoms with Gasteiger partial charge in [0.2, 0.25) is 0 Å². The van der Waals surface area contributed by atoms with Crippen LogP contribution in [0.1, 0.15) is 18.9 Å². The zero-order valence-electron chi connectivity index (χ0n) is 11.3. The summed E-state index contributed by atoms with van der Waals surface area (Å²) in [4.78, 5) is 11.0. The van der Waals surface area contributed by atoms with Crippen molar-refractivity contribution in [1.82, 2.24) is 0 Å². The van der Waals surface area contributed by atoms with Crippen LogP contribution in [0.5, 0.6) is 0 Å². The molecule has 0 fully saturated rings. The number of rotatable bonds is 5. The highest BCUT2D eigenvalue weighted by Crippen LogP contribution is 2.26. The zero-order valence-corrected chi connectivity index (χ0v) is 11.3. The largest absolute Gasteiger partial charge is 0.481 e. The van der Waals surface area contributed by atoms with Crippen LogP contribution in [0, 0.1) is 17.2 Å². The Labute approximate surface area is 117 Å². The summed E-state index contributed by atoms with van der Waals surface area (Å²) >= 11 is 0. The SMILES string of the molecule is CCC(CNc1ccc(C#N)c2ccccc12)C(=O)O. The topological polar surface area (TPSA) is 73.1 Å². The number of hydrogen-bond donors (Lipinski definition) is 2. The summed E-state index contributed by atoms with van der Waals surface area (Å²) in [5, 5.41) is 23.2. The van der Waals surface area contributed by atoms with Gasteiger partial charge in [0.25, 0.3) is 0 Å². The first-order chi connectivity index (χ1) is 9.67. The Hall–Kier alpha value is -2.54. The number of nitrogens with zero attached hydrogens (tertiary/aromatic N) is 1. The third-order valence-corrected chi connectivity index (χ3v) is 3.43. The summed E-state index contributed by atoms with van der Waals surface area (Å²) in [6, 6.07) is 13.4. The maximum absolute atomic E-state index is 11.0. The smallest absolute Gasteiger partial charge is 0.308 e. The van der Waals surface area contributed by atoms with Crippen molar-refractivity contribution in [3.8, 4) is 6.07 Å². The number of nitriles is 1. The second kappa shape index (κ2) is 6.07. The van der Waals surface area contributed by atoms with Gasteiger partial charge >= 0.3 is 5.97 Å². The Morgan fingerprint density at radius 2 is 2.00 bits per heavy atom. The molecule has 0 spiro atoms. The zero-order chi connectivity index (χ0) is 14.5. The van der Waals surface area contributed by atoms with E-state index in [1.807, 2.05) is 37.3 Å². The van der Waals surface area contributed by atoms with Crippen LogP contribution in [0.4, 0.5) is 5.69 Å². The standard InChI is InChI=1S/C16H16N2O2/c1-2-11(16(19)20)10-18-15-8-7-12(9-17)13-5-3-4-6-14(13)15/h3-8,11,18H,2,10H2,1H3,(H,19,20). The van der Waals surface area contributed by atoms with E-state index in [2.05, 4.69) is 11.4 Å². The van der Waals surface area contributed by atoms with Crippen LogP contribution >= 0.6 is 0 Å². The maximum atomic E-state index is 11.0. The van der Waals surface area contributed by atoms with Crippen molar-refractivity contribution >= 4 is 22.4 Å². The molecule has 0 aliphatic carbocycles. The van der Waals surface area contributed by atoms with Gasteiger partial charge in [-0.1, -0.05) is 31.2 Å². The Morgan fingerprint density at radius 1 is 1.30 bits per heavy atom. The molecule has 4 nitrogen and oxygen atoms in total. The number of nitrogens with one attached hydrogen (secondary N) is 1. The van der Waals surface area contributed by atoms with Crippen molar-refractivity contribution in [3.05, 3.63) is 42.0 Å². The first kappa shape index (κ1) is 13.9. The molecule has 2 aromatic carbocycles. The van der Waals surface area contributed by atoms with Crippen molar-refractivity contribution < 1.29 is 9.90 Å². The van der Waals surface area contributed by atoms with Crippen molar-refractivity contribution in [1.29, 1.82) is 5.26 Å². The van der Waals surface area contributed by atoms with Crippen molar-refractivity contribution in [2.45, 2.75) is 13.3 Å². The molecular formula is C16H16N2O2. The molecule has 0 amide bonds. The summed E-state index contributed by atoms with van der Waals surface area (Å²) in [6.07, 6.45) is 0.580. The lowest BCUT2D eigenvalue weighted by Gasteiger charge is -2.14. The highest BCUT2D eigenvalue weighted by molar-refractivity contribution is 5.97. The lowest BCUT2D eigenvalue weighted by atomic mass is 10.0. The monoisotopic (exact) mass is 268 g/mol. The van der Waals surface area contributed by atoms with Crippen LogP contribution in [0.15, 0.2) is 36.4 Å². The highest BCUT2D eigenvalue weighted by atomic mass is 16.4. The van der Waals surface area contributed by atoms with Gasteiger partial charge in [0, 0.05) is 23.0 Å².